The van der Waals surface area contributed by atoms with Crippen molar-refractivity contribution in [3.05, 3.63) is 71.8 Å². The van der Waals surface area contributed by atoms with Crippen LogP contribution in [0.4, 0.5) is 0 Å². The van der Waals surface area contributed by atoms with Crippen LogP contribution in [0.15, 0.2) is 60.7 Å². The molecule has 0 aliphatic rings. The van der Waals surface area contributed by atoms with Crippen molar-refractivity contribution in [2.45, 2.75) is 45.2 Å². The zero-order chi connectivity index (χ0) is 20.5. The topological polar surface area (TPSA) is 93.1 Å². The van der Waals surface area contributed by atoms with Gasteiger partial charge >= 0.3 is 11.9 Å². The average molecular weight is 386 g/mol. The fourth-order valence-corrected chi connectivity index (χ4v) is 2.58. The van der Waals surface area contributed by atoms with Gasteiger partial charge in [0.05, 0.1) is 29.3 Å². The Morgan fingerprint density at radius 3 is 1.68 bits per heavy atom. The first kappa shape index (κ1) is 21.6. The normalized spacial score (nSPS) is 14.2. The lowest BCUT2D eigenvalue weighted by molar-refractivity contribution is -0.132. The quantitative estimate of drug-likeness (QED) is 0.508. The second-order valence-corrected chi connectivity index (χ2v) is 6.64. The van der Waals surface area contributed by atoms with E-state index in [-0.39, 0.29) is 6.42 Å². The van der Waals surface area contributed by atoms with E-state index in [4.69, 9.17) is 9.47 Å². The second-order valence-electron chi connectivity index (χ2n) is 6.64. The third-order valence-electron chi connectivity index (χ3n) is 4.49. The van der Waals surface area contributed by atoms with Crippen molar-refractivity contribution >= 4 is 11.9 Å². The Morgan fingerprint density at radius 2 is 1.29 bits per heavy atom. The van der Waals surface area contributed by atoms with Crippen molar-refractivity contribution in [2.24, 2.45) is 5.92 Å². The lowest BCUT2D eigenvalue weighted by atomic mass is 9.97. The van der Waals surface area contributed by atoms with Gasteiger partial charge in [0.1, 0.15) is 0 Å². The van der Waals surface area contributed by atoms with Crippen LogP contribution in [-0.2, 0) is 9.47 Å². The molecule has 0 saturated heterocycles. The summed E-state index contributed by atoms with van der Waals surface area (Å²) in [7, 11) is 0. The Morgan fingerprint density at radius 1 is 0.857 bits per heavy atom. The highest BCUT2D eigenvalue weighted by Gasteiger charge is 2.32. The smallest absolute Gasteiger partial charge is 0.341 e. The summed E-state index contributed by atoms with van der Waals surface area (Å²) in [6.07, 6.45) is -2.47. The van der Waals surface area contributed by atoms with Crippen LogP contribution in [0.5, 0.6) is 0 Å². The lowest BCUT2D eigenvalue weighted by Crippen LogP contribution is -2.38. The zero-order valence-corrected chi connectivity index (χ0v) is 16.0. The van der Waals surface area contributed by atoms with Gasteiger partial charge in [-0.3, -0.25) is 0 Å². The molecule has 0 aliphatic carbocycles. The molecule has 6 nitrogen and oxygen atoms in total. The number of rotatable bonds is 9. The summed E-state index contributed by atoms with van der Waals surface area (Å²) < 4.78 is 10.8. The summed E-state index contributed by atoms with van der Waals surface area (Å²) in [6, 6.07) is 16.6. The van der Waals surface area contributed by atoms with Crippen LogP contribution < -0.4 is 0 Å². The third-order valence-corrected chi connectivity index (χ3v) is 4.49. The number of carbonyl (C=O) groups excluding carboxylic acids is 2. The van der Waals surface area contributed by atoms with Gasteiger partial charge in [0.25, 0.3) is 6.29 Å². The monoisotopic (exact) mass is 386 g/mol. The molecule has 2 N–H and O–H groups in total. The summed E-state index contributed by atoms with van der Waals surface area (Å²) in [5, 5.41) is 20.2. The third kappa shape index (κ3) is 6.18. The maximum atomic E-state index is 12.4. The molecule has 2 rings (SSSR count). The highest BCUT2D eigenvalue weighted by molar-refractivity contribution is 5.91. The van der Waals surface area contributed by atoms with Crippen LogP contribution in [0.3, 0.4) is 0 Å². The van der Waals surface area contributed by atoms with Crippen molar-refractivity contribution in [2.75, 3.05) is 0 Å². The van der Waals surface area contributed by atoms with E-state index in [0.717, 1.165) is 0 Å². The first-order valence-electron chi connectivity index (χ1n) is 9.30. The van der Waals surface area contributed by atoms with Gasteiger partial charge < -0.3 is 19.7 Å². The molecular weight excluding hydrogens is 360 g/mol. The molecule has 2 aromatic rings. The summed E-state index contributed by atoms with van der Waals surface area (Å²) in [5.41, 5.74) is 0.608. The van der Waals surface area contributed by atoms with Gasteiger partial charge in [0.15, 0.2) is 0 Å². The number of esters is 2. The maximum Gasteiger partial charge on any atom is 0.341 e. The standard InChI is InChI=1S/C22H26O6/c1-3-18(23)14-19(24)15(2)22(27-20(25)16-10-6-4-7-11-16)28-21(26)17-12-8-5-9-13-17/h4-13,15,18-19,22-24H,3,14H2,1-2H3. The molecule has 0 spiro atoms. The molecule has 0 radical (unpaired) electrons. The van der Waals surface area contributed by atoms with Crippen molar-refractivity contribution in [1.82, 2.24) is 0 Å². The minimum absolute atomic E-state index is 0.0833. The molecule has 6 heteroatoms. The Balaban J connectivity index is 2.16. The van der Waals surface area contributed by atoms with Crippen molar-refractivity contribution in [3.63, 3.8) is 0 Å². The Labute approximate surface area is 164 Å². The van der Waals surface area contributed by atoms with E-state index in [1.807, 2.05) is 0 Å². The Hall–Kier alpha value is -2.70. The average Bonchev–Trinajstić information content (AvgIpc) is 2.73. The number of hydrogen-bond donors (Lipinski definition) is 2. The highest BCUT2D eigenvalue weighted by atomic mass is 16.7. The molecule has 3 unspecified atom stereocenters. The Bertz CT molecular complexity index is 693. The SMILES string of the molecule is CCC(O)CC(O)C(C)C(OC(=O)c1ccccc1)OC(=O)c1ccccc1. The predicted octanol–water partition coefficient (Wildman–Crippen LogP) is 3.18. The van der Waals surface area contributed by atoms with Gasteiger partial charge in [-0.05, 0) is 37.1 Å². The van der Waals surface area contributed by atoms with E-state index in [9.17, 15) is 19.8 Å². The Kier molecular flexibility index (Phi) is 8.17. The molecule has 0 heterocycles. The number of carbonyl (C=O) groups is 2. The molecule has 0 aliphatic heterocycles. The molecule has 0 saturated carbocycles. The van der Waals surface area contributed by atoms with E-state index in [1.165, 1.54) is 0 Å². The van der Waals surface area contributed by atoms with Crippen LogP contribution in [-0.4, -0.2) is 40.6 Å². The van der Waals surface area contributed by atoms with Crippen molar-refractivity contribution < 1.29 is 29.3 Å². The minimum Gasteiger partial charge on any atom is -0.421 e. The molecule has 0 amide bonds. The van der Waals surface area contributed by atoms with Gasteiger partial charge in [-0.15, -0.1) is 0 Å². The summed E-state index contributed by atoms with van der Waals surface area (Å²) >= 11 is 0. The second kappa shape index (κ2) is 10.6. The van der Waals surface area contributed by atoms with Gasteiger partial charge in [-0.2, -0.15) is 0 Å². The van der Waals surface area contributed by atoms with Crippen LogP contribution in [0.25, 0.3) is 0 Å². The lowest BCUT2D eigenvalue weighted by Gasteiger charge is -2.28. The molecule has 150 valence electrons. The number of ether oxygens (including phenoxy) is 2. The van der Waals surface area contributed by atoms with Gasteiger partial charge in [0, 0.05) is 0 Å². The first-order chi connectivity index (χ1) is 13.4. The van der Waals surface area contributed by atoms with E-state index in [0.29, 0.717) is 17.5 Å². The fourth-order valence-electron chi connectivity index (χ4n) is 2.58. The molecule has 0 aromatic heterocycles. The van der Waals surface area contributed by atoms with Crippen molar-refractivity contribution in [1.29, 1.82) is 0 Å². The van der Waals surface area contributed by atoms with Crippen LogP contribution in [0.1, 0.15) is 47.4 Å². The van der Waals surface area contributed by atoms with Crippen molar-refractivity contribution in [3.8, 4) is 0 Å². The highest BCUT2D eigenvalue weighted by Crippen LogP contribution is 2.21. The van der Waals surface area contributed by atoms with E-state index < -0.39 is 36.4 Å². The van der Waals surface area contributed by atoms with E-state index in [2.05, 4.69) is 0 Å². The first-order valence-corrected chi connectivity index (χ1v) is 9.30. The van der Waals surface area contributed by atoms with Crippen LogP contribution in [0, 0.1) is 5.92 Å². The minimum atomic E-state index is -1.31. The summed E-state index contributed by atoms with van der Waals surface area (Å²) in [4.78, 5) is 24.9. The molecule has 0 bridgehead atoms. The summed E-state index contributed by atoms with van der Waals surface area (Å²) in [6.45, 7) is 3.40. The van der Waals surface area contributed by atoms with Gasteiger partial charge in [0.2, 0.25) is 0 Å². The number of hydrogen-bond acceptors (Lipinski definition) is 6. The number of benzene rings is 2. The predicted molar refractivity (Wildman–Crippen MR) is 104 cm³/mol. The van der Waals surface area contributed by atoms with E-state index in [1.54, 1.807) is 74.5 Å². The number of aliphatic hydroxyl groups is 2. The molecule has 28 heavy (non-hydrogen) atoms. The van der Waals surface area contributed by atoms with Gasteiger partial charge in [-0.1, -0.05) is 50.2 Å². The summed E-state index contributed by atoms with van der Waals surface area (Å²) in [5.74, 6) is -2.07. The largest absolute Gasteiger partial charge is 0.421 e. The maximum absolute atomic E-state index is 12.4. The number of aliphatic hydroxyl groups excluding tert-OH is 2. The van der Waals surface area contributed by atoms with Crippen LogP contribution >= 0.6 is 0 Å². The molecule has 3 atom stereocenters. The molecule has 2 aromatic carbocycles. The molecular formula is C22H26O6. The van der Waals surface area contributed by atoms with Crippen LogP contribution in [0.2, 0.25) is 0 Å². The van der Waals surface area contributed by atoms with Gasteiger partial charge in [-0.25, -0.2) is 9.59 Å². The van der Waals surface area contributed by atoms with E-state index >= 15 is 0 Å². The fraction of sp³-hybridized carbons (Fsp3) is 0.364. The molecule has 0 fully saturated rings. The zero-order valence-electron chi connectivity index (χ0n) is 16.0.